The Kier molecular flexibility index (Phi) is 4.33. The number of aliphatic hydroxyl groups is 1. The largest absolute Gasteiger partial charge is 0.493 e. The van der Waals surface area contributed by atoms with E-state index in [1.54, 1.807) is 7.11 Å². The van der Waals surface area contributed by atoms with Crippen LogP contribution in [0.5, 0.6) is 11.5 Å². The van der Waals surface area contributed by atoms with Gasteiger partial charge in [-0.25, -0.2) is 0 Å². The molecule has 0 aliphatic carbocycles. The average molecular weight is 294 g/mol. The van der Waals surface area contributed by atoms with E-state index in [0.29, 0.717) is 19.0 Å². The third-order valence-electron chi connectivity index (χ3n) is 4.22. The lowest BCUT2D eigenvalue weighted by molar-refractivity contribution is -0.112. The van der Waals surface area contributed by atoms with Crippen LogP contribution in [0.25, 0.3) is 0 Å². The lowest BCUT2D eigenvalue weighted by Crippen LogP contribution is -2.44. The lowest BCUT2D eigenvalue weighted by atomic mass is 9.91. The topological polar surface area (TPSA) is 57.2 Å². The van der Waals surface area contributed by atoms with Crippen LogP contribution in [0.2, 0.25) is 0 Å². The lowest BCUT2D eigenvalue weighted by Gasteiger charge is -2.37. The normalized spacial score (nSPS) is 28.8. The fourth-order valence-electron chi connectivity index (χ4n) is 3.03. The molecule has 0 radical (unpaired) electrons. The Morgan fingerprint density at radius 3 is 2.95 bits per heavy atom. The molecule has 21 heavy (non-hydrogen) atoms. The Morgan fingerprint density at radius 1 is 1.33 bits per heavy atom. The first-order valence-corrected chi connectivity index (χ1v) is 7.41. The molecule has 116 valence electrons. The molecule has 0 saturated carbocycles. The zero-order chi connectivity index (χ0) is 14.7. The van der Waals surface area contributed by atoms with Gasteiger partial charge in [-0.1, -0.05) is 6.07 Å². The highest BCUT2D eigenvalue weighted by Crippen LogP contribution is 2.36. The highest BCUT2D eigenvalue weighted by molar-refractivity contribution is 5.43. The predicted octanol–water partition coefficient (Wildman–Crippen LogP) is 1.90. The van der Waals surface area contributed by atoms with Gasteiger partial charge in [0.2, 0.25) is 0 Å². The number of rotatable bonds is 4. The molecular formula is C16H22O5. The van der Waals surface area contributed by atoms with Crippen molar-refractivity contribution in [1.29, 1.82) is 0 Å². The fraction of sp³-hybridized carbons (Fsp3) is 0.625. The summed E-state index contributed by atoms with van der Waals surface area (Å²) in [6.07, 6.45) is 2.76. The van der Waals surface area contributed by atoms with E-state index in [9.17, 15) is 5.11 Å². The summed E-state index contributed by atoms with van der Waals surface area (Å²) in [4.78, 5) is 0. The summed E-state index contributed by atoms with van der Waals surface area (Å²) in [6.45, 7) is 2.12. The Labute approximate surface area is 124 Å². The summed E-state index contributed by atoms with van der Waals surface area (Å²) >= 11 is 0. The summed E-state index contributed by atoms with van der Waals surface area (Å²) < 4.78 is 22.9. The van der Waals surface area contributed by atoms with E-state index in [-0.39, 0.29) is 18.3 Å². The minimum atomic E-state index is -0.165. The molecule has 0 amide bonds. The first-order valence-electron chi connectivity index (χ1n) is 7.41. The number of aliphatic hydroxyl groups excluding tert-OH is 1. The minimum Gasteiger partial charge on any atom is -0.493 e. The zero-order valence-electron chi connectivity index (χ0n) is 12.3. The van der Waals surface area contributed by atoms with E-state index in [1.165, 1.54) is 0 Å². The van der Waals surface area contributed by atoms with Gasteiger partial charge in [0.1, 0.15) is 6.10 Å². The zero-order valence-corrected chi connectivity index (χ0v) is 12.3. The van der Waals surface area contributed by atoms with Crippen LogP contribution in [0.4, 0.5) is 0 Å². The van der Waals surface area contributed by atoms with Crippen LogP contribution in [0.1, 0.15) is 24.8 Å². The van der Waals surface area contributed by atoms with Crippen LogP contribution in [0, 0.1) is 0 Å². The average Bonchev–Trinajstić information content (AvgIpc) is 2.95. The molecule has 2 atom stereocenters. The Morgan fingerprint density at radius 2 is 2.24 bits per heavy atom. The van der Waals surface area contributed by atoms with Crippen molar-refractivity contribution in [2.45, 2.75) is 37.6 Å². The maximum atomic E-state index is 9.18. The van der Waals surface area contributed by atoms with Crippen molar-refractivity contribution in [3.05, 3.63) is 23.8 Å². The van der Waals surface area contributed by atoms with E-state index >= 15 is 0 Å². The van der Waals surface area contributed by atoms with Crippen molar-refractivity contribution in [3.63, 3.8) is 0 Å². The van der Waals surface area contributed by atoms with Gasteiger partial charge in [-0.15, -0.1) is 0 Å². The Balaban J connectivity index is 1.71. The van der Waals surface area contributed by atoms with Crippen LogP contribution in [-0.2, 0) is 16.1 Å². The molecule has 0 aromatic heterocycles. The molecule has 2 heterocycles. The van der Waals surface area contributed by atoms with Gasteiger partial charge in [0.05, 0.1) is 32.5 Å². The molecule has 5 nitrogen and oxygen atoms in total. The first-order chi connectivity index (χ1) is 10.2. The van der Waals surface area contributed by atoms with E-state index in [0.717, 1.165) is 37.2 Å². The standard InChI is InChI=1S/C16H22O5/c1-18-15-8-12(10-17)2-3-14(15)21-13-4-6-20-16(9-13)5-7-19-11-16/h2-3,8,13,17H,4-7,9-11H2,1H3. The number of methoxy groups -OCH3 is 1. The minimum absolute atomic E-state index is 0.00560. The molecule has 2 aliphatic heterocycles. The SMILES string of the molecule is COc1cc(CO)ccc1OC1CCOC2(CCOC2)C1. The summed E-state index contributed by atoms with van der Waals surface area (Å²) in [6, 6.07) is 5.52. The van der Waals surface area contributed by atoms with Crippen LogP contribution in [-0.4, -0.2) is 43.7 Å². The van der Waals surface area contributed by atoms with Crippen LogP contribution >= 0.6 is 0 Å². The van der Waals surface area contributed by atoms with Gasteiger partial charge in [0.15, 0.2) is 11.5 Å². The third-order valence-corrected chi connectivity index (χ3v) is 4.22. The highest BCUT2D eigenvalue weighted by atomic mass is 16.6. The Hall–Kier alpha value is -1.30. The maximum Gasteiger partial charge on any atom is 0.161 e. The van der Waals surface area contributed by atoms with Gasteiger partial charge in [0.25, 0.3) is 0 Å². The van der Waals surface area contributed by atoms with Crippen molar-refractivity contribution in [3.8, 4) is 11.5 Å². The van der Waals surface area contributed by atoms with Crippen molar-refractivity contribution in [2.75, 3.05) is 26.9 Å². The second-order valence-electron chi connectivity index (χ2n) is 5.71. The van der Waals surface area contributed by atoms with Gasteiger partial charge in [-0.05, 0) is 17.7 Å². The molecule has 1 N–H and O–H groups in total. The van der Waals surface area contributed by atoms with Crippen molar-refractivity contribution < 1.29 is 24.1 Å². The van der Waals surface area contributed by atoms with Gasteiger partial charge >= 0.3 is 0 Å². The summed E-state index contributed by atoms with van der Waals surface area (Å²) in [7, 11) is 1.61. The van der Waals surface area contributed by atoms with Gasteiger partial charge in [-0.2, -0.15) is 0 Å². The molecular weight excluding hydrogens is 272 g/mol. The van der Waals surface area contributed by atoms with Gasteiger partial charge < -0.3 is 24.1 Å². The quantitative estimate of drug-likeness (QED) is 0.919. The predicted molar refractivity (Wildman–Crippen MR) is 76.7 cm³/mol. The summed E-state index contributed by atoms with van der Waals surface area (Å²) in [5.74, 6) is 1.38. The molecule has 3 rings (SSSR count). The number of hydrogen-bond donors (Lipinski definition) is 1. The Bertz CT molecular complexity index is 482. The number of hydrogen-bond acceptors (Lipinski definition) is 5. The van der Waals surface area contributed by atoms with Gasteiger partial charge in [0, 0.05) is 25.9 Å². The number of benzene rings is 1. The summed E-state index contributed by atoms with van der Waals surface area (Å²) in [5, 5.41) is 9.18. The second-order valence-corrected chi connectivity index (χ2v) is 5.71. The van der Waals surface area contributed by atoms with Crippen molar-refractivity contribution in [1.82, 2.24) is 0 Å². The third kappa shape index (κ3) is 3.15. The first kappa shape index (κ1) is 14.6. The van der Waals surface area contributed by atoms with Crippen molar-refractivity contribution in [2.24, 2.45) is 0 Å². The van der Waals surface area contributed by atoms with E-state index < -0.39 is 0 Å². The molecule has 1 spiro atoms. The molecule has 2 saturated heterocycles. The van der Waals surface area contributed by atoms with Crippen LogP contribution in [0.15, 0.2) is 18.2 Å². The van der Waals surface area contributed by atoms with Gasteiger partial charge in [-0.3, -0.25) is 0 Å². The molecule has 2 aliphatic rings. The molecule has 1 aromatic rings. The molecule has 1 aromatic carbocycles. The highest BCUT2D eigenvalue weighted by Gasteiger charge is 2.42. The second kappa shape index (κ2) is 6.22. The molecule has 2 fully saturated rings. The van der Waals surface area contributed by atoms with Crippen LogP contribution < -0.4 is 9.47 Å². The fourth-order valence-corrected chi connectivity index (χ4v) is 3.03. The molecule has 5 heteroatoms. The maximum absolute atomic E-state index is 9.18. The number of ether oxygens (including phenoxy) is 4. The summed E-state index contributed by atoms with van der Waals surface area (Å²) in [5.41, 5.74) is 0.646. The van der Waals surface area contributed by atoms with E-state index in [4.69, 9.17) is 18.9 Å². The van der Waals surface area contributed by atoms with E-state index in [1.807, 2.05) is 18.2 Å². The monoisotopic (exact) mass is 294 g/mol. The van der Waals surface area contributed by atoms with Crippen LogP contribution in [0.3, 0.4) is 0 Å². The molecule has 2 unspecified atom stereocenters. The van der Waals surface area contributed by atoms with Crippen molar-refractivity contribution >= 4 is 0 Å². The smallest absolute Gasteiger partial charge is 0.161 e. The molecule has 0 bridgehead atoms. The van der Waals surface area contributed by atoms with E-state index in [2.05, 4.69) is 0 Å².